The molecule has 0 aliphatic carbocycles. The molecule has 0 fully saturated rings. The minimum Gasteiger partial charge on any atom is -0.464 e. The lowest BCUT2D eigenvalue weighted by Gasteiger charge is -2.08. The minimum atomic E-state index is -0.312. The molecule has 4 heteroatoms. The van der Waals surface area contributed by atoms with E-state index in [9.17, 15) is 9.18 Å². The maximum Gasteiger partial charge on any atom is 0.228 e. The molecule has 0 atom stereocenters. The van der Waals surface area contributed by atoms with Crippen LogP contribution in [0.3, 0.4) is 0 Å². The third-order valence-corrected chi connectivity index (χ3v) is 3.94. The second-order valence-corrected chi connectivity index (χ2v) is 5.63. The van der Waals surface area contributed by atoms with E-state index in [1.54, 1.807) is 19.3 Å². The molecule has 0 bridgehead atoms. The van der Waals surface area contributed by atoms with Gasteiger partial charge < -0.3 is 9.73 Å². The number of anilines is 1. The first-order valence-electron chi connectivity index (χ1n) is 7.62. The van der Waals surface area contributed by atoms with Crippen molar-refractivity contribution in [1.82, 2.24) is 0 Å². The molecule has 0 spiro atoms. The number of furan rings is 1. The van der Waals surface area contributed by atoms with Crippen LogP contribution < -0.4 is 5.32 Å². The second-order valence-electron chi connectivity index (χ2n) is 5.63. The van der Waals surface area contributed by atoms with Gasteiger partial charge in [-0.3, -0.25) is 4.79 Å². The molecular weight excluding hydrogens is 293 g/mol. The fraction of sp³-hybridized carbons (Fsp3) is 0.211. The topological polar surface area (TPSA) is 42.2 Å². The number of nitrogens with one attached hydrogen (secondary N) is 1. The van der Waals surface area contributed by atoms with Crippen molar-refractivity contribution in [2.75, 3.05) is 5.32 Å². The number of amides is 1. The number of hydrogen-bond donors (Lipinski definition) is 1. The van der Waals surface area contributed by atoms with E-state index < -0.39 is 0 Å². The first-order chi connectivity index (χ1) is 11.1. The van der Waals surface area contributed by atoms with Crippen LogP contribution in [0.4, 0.5) is 10.1 Å². The molecule has 0 aliphatic heterocycles. The van der Waals surface area contributed by atoms with Crippen molar-refractivity contribution in [1.29, 1.82) is 0 Å². The summed E-state index contributed by atoms with van der Waals surface area (Å²) in [6.45, 7) is 3.85. The number of aryl methyl sites for hydroxylation is 2. The van der Waals surface area contributed by atoms with Gasteiger partial charge in [0.15, 0.2) is 0 Å². The van der Waals surface area contributed by atoms with E-state index in [4.69, 9.17) is 4.42 Å². The van der Waals surface area contributed by atoms with Gasteiger partial charge >= 0.3 is 0 Å². The fourth-order valence-corrected chi connectivity index (χ4v) is 2.62. The first-order valence-corrected chi connectivity index (χ1v) is 7.62. The summed E-state index contributed by atoms with van der Waals surface area (Å²) in [5.74, 6) is -0.463. The van der Waals surface area contributed by atoms with Crippen molar-refractivity contribution in [3.05, 3.63) is 65.2 Å². The Labute approximate surface area is 134 Å². The molecule has 1 heterocycles. The van der Waals surface area contributed by atoms with E-state index in [1.165, 1.54) is 17.7 Å². The van der Waals surface area contributed by atoms with Crippen molar-refractivity contribution in [3.8, 4) is 0 Å². The third kappa shape index (κ3) is 3.26. The predicted octanol–water partition coefficient (Wildman–Crippen LogP) is 4.62. The molecule has 3 rings (SSSR count). The van der Waals surface area contributed by atoms with Gasteiger partial charge in [0.2, 0.25) is 5.91 Å². The van der Waals surface area contributed by atoms with Crippen LogP contribution in [0, 0.1) is 12.7 Å². The lowest BCUT2D eigenvalue weighted by molar-refractivity contribution is -0.115. The highest BCUT2D eigenvalue weighted by Gasteiger charge is 2.12. The molecule has 1 amide bonds. The zero-order chi connectivity index (χ0) is 16.4. The normalized spacial score (nSPS) is 10.9. The van der Waals surface area contributed by atoms with Crippen LogP contribution in [0.5, 0.6) is 0 Å². The molecular formula is C19H18FNO2. The largest absolute Gasteiger partial charge is 0.464 e. The van der Waals surface area contributed by atoms with Crippen molar-refractivity contribution in [2.24, 2.45) is 0 Å². The molecule has 118 valence electrons. The Kier molecular flexibility index (Phi) is 4.15. The molecule has 3 nitrogen and oxygen atoms in total. The fourth-order valence-electron chi connectivity index (χ4n) is 2.62. The highest BCUT2D eigenvalue weighted by atomic mass is 19.1. The highest BCUT2D eigenvalue weighted by molar-refractivity contribution is 5.95. The molecule has 0 radical (unpaired) electrons. The van der Waals surface area contributed by atoms with Gasteiger partial charge in [0.1, 0.15) is 11.4 Å². The van der Waals surface area contributed by atoms with Gasteiger partial charge in [-0.05, 0) is 48.7 Å². The Morgan fingerprint density at radius 3 is 2.78 bits per heavy atom. The average molecular weight is 311 g/mol. The summed E-state index contributed by atoms with van der Waals surface area (Å²) in [4.78, 5) is 12.2. The number of carbonyl (C=O) groups excluding carboxylic acids is 1. The molecule has 0 aliphatic rings. The average Bonchev–Trinajstić information content (AvgIpc) is 2.92. The maximum absolute atomic E-state index is 13.1. The Balaban J connectivity index is 1.77. The van der Waals surface area contributed by atoms with Crippen LogP contribution in [0.25, 0.3) is 11.0 Å². The summed E-state index contributed by atoms with van der Waals surface area (Å²) in [5, 5.41) is 3.77. The standard InChI is InChI=1S/C19H18FNO2/c1-3-13-4-6-16-14(11-23-18(16)9-13)10-19(22)21-17-7-5-15(20)8-12(17)2/h4-9,11H,3,10H2,1-2H3,(H,21,22). The van der Waals surface area contributed by atoms with Crippen LogP contribution in [0.15, 0.2) is 47.1 Å². The zero-order valence-electron chi connectivity index (χ0n) is 13.2. The highest BCUT2D eigenvalue weighted by Crippen LogP contribution is 2.24. The smallest absolute Gasteiger partial charge is 0.228 e. The number of benzene rings is 2. The molecule has 0 saturated heterocycles. The van der Waals surface area contributed by atoms with Crippen LogP contribution in [0.2, 0.25) is 0 Å². The van der Waals surface area contributed by atoms with Gasteiger partial charge in [-0.2, -0.15) is 0 Å². The predicted molar refractivity (Wildman–Crippen MR) is 89.1 cm³/mol. The minimum absolute atomic E-state index is 0.151. The SMILES string of the molecule is CCc1ccc2c(CC(=O)Nc3ccc(F)cc3C)coc2c1. The molecule has 0 saturated carbocycles. The maximum atomic E-state index is 13.1. The number of carbonyl (C=O) groups is 1. The van der Waals surface area contributed by atoms with Crippen molar-refractivity contribution >= 4 is 22.6 Å². The van der Waals surface area contributed by atoms with Crippen LogP contribution in [-0.4, -0.2) is 5.91 Å². The van der Waals surface area contributed by atoms with E-state index in [-0.39, 0.29) is 18.1 Å². The van der Waals surface area contributed by atoms with Gasteiger partial charge in [-0.15, -0.1) is 0 Å². The van der Waals surface area contributed by atoms with Crippen LogP contribution in [-0.2, 0) is 17.6 Å². The molecule has 3 aromatic rings. The van der Waals surface area contributed by atoms with Crippen LogP contribution >= 0.6 is 0 Å². The molecule has 1 aromatic heterocycles. The van der Waals surface area contributed by atoms with E-state index in [1.807, 2.05) is 18.2 Å². The van der Waals surface area contributed by atoms with E-state index in [0.29, 0.717) is 11.3 Å². The Bertz CT molecular complexity index is 867. The second kappa shape index (κ2) is 6.24. The molecule has 23 heavy (non-hydrogen) atoms. The number of fused-ring (bicyclic) bond motifs is 1. The van der Waals surface area contributed by atoms with Gasteiger partial charge in [-0.1, -0.05) is 19.1 Å². The van der Waals surface area contributed by atoms with E-state index in [0.717, 1.165) is 23.0 Å². The monoisotopic (exact) mass is 311 g/mol. The Morgan fingerprint density at radius 2 is 2.04 bits per heavy atom. The van der Waals surface area contributed by atoms with Crippen molar-refractivity contribution < 1.29 is 13.6 Å². The van der Waals surface area contributed by atoms with E-state index in [2.05, 4.69) is 12.2 Å². The van der Waals surface area contributed by atoms with Crippen molar-refractivity contribution in [2.45, 2.75) is 26.7 Å². The summed E-state index contributed by atoms with van der Waals surface area (Å²) in [7, 11) is 0. The third-order valence-electron chi connectivity index (χ3n) is 3.94. The summed E-state index contributed by atoms with van der Waals surface area (Å²) in [5.41, 5.74) is 4.16. The first kappa shape index (κ1) is 15.3. The van der Waals surface area contributed by atoms with E-state index >= 15 is 0 Å². The number of rotatable bonds is 4. The Hall–Kier alpha value is -2.62. The quantitative estimate of drug-likeness (QED) is 0.763. The Morgan fingerprint density at radius 1 is 1.22 bits per heavy atom. The number of halogens is 1. The summed E-state index contributed by atoms with van der Waals surface area (Å²) >= 11 is 0. The lowest BCUT2D eigenvalue weighted by Crippen LogP contribution is -2.15. The van der Waals surface area contributed by atoms with Gasteiger partial charge in [0, 0.05) is 16.6 Å². The number of hydrogen-bond acceptors (Lipinski definition) is 2. The molecule has 2 aromatic carbocycles. The van der Waals surface area contributed by atoms with Gasteiger partial charge in [-0.25, -0.2) is 4.39 Å². The summed E-state index contributed by atoms with van der Waals surface area (Å²) in [6, 6.07) is 10.3. The zero-order valence-corrected chi connectivity index (χ0v) is 13.2. The van der Waals surface area contributed by atoms with Gasteiger partial charge in [0.25, 0.3) is 0 Å². The van der Waals surface area contributed by atoms with Gasteiger partial charge in [0.05, 0.1) is 12.7 Å². The molecule has 0 unspecified atom stereocenters. The van der Waals surface area contributed by atoms with Crippen molar-refractivity contribution in [3.63, 3.8) is 0 Å². The van der Waals surface area contributed by atoms with Crippen LogP contribution in [0.1, 0.15) is 23.6 Å². The summed E-state index contributed by atoms with van der Waals surface area (Å²) in [6.07, 6.45) is 2.78. The lowest BCUT2D eigenvalue weighted by atomic mass is 10.1. The summed E-state index contributed by atoms with van der Waals surface area (Å²) < 4.78 is 18.7. The molecule has 1 N–H and O–H groups in total.